The van der Waals surface area contributed by atoms with Crippen molar-refractivity contribution < 1.29 is 35.1 Å². The van der Waals surface area contributed by atoms with E-state index in [1.807, 2.05) is 45.9 Å². The Morgan fingerprint density at radius 2 is 1.42 bits per heavy atom. The molecule has 0 heterocycles. The van der Waals surface area contributed by atoms with Gasteiger partial charge in [-0.15, -0.1) is 0 Å². The first-order valence-corrected chi connectivity index (χ1v) is 10.3. The van der Waals surface area contributed by atoms with Crippen LogP contribution in [0.15, 0.2) is 30.3 Å². The van der Waals surface area contributed by atoms with Gasteiger partial charge in [0.05, 0.1) is 25.3 Å². The van der Waals surface area contributed by atoms with Gasteiger partial charge in [-0.05, 0) is 41.5 Å². The topological polar surface area (TPSA) is 35.5 Å². The average molecular weight is 422 g/mol. The molecule has 0 fully saturated rings. The SMILES string of the molecule is CC[N+](CC)(Cc1ccccc1)CP(=O)(OC(C)C)OC(C)C.[Br-]. The zero-order valence-electron chi connectivity index (χ0n) is 15.9. The van der Waals surface area contributed by atoms with Crippen LogP contribution in [0.25, 0.3) is 0 Å². The second-order valence-electron chi connectivity index (χ2n) is 6.68. The number of benzene rings is 1. The molecule has 0 saturated carbocycles. The predicted octanol–water partition coefficient (Wildman–Crippen LogP) is 2.05. The molecule has 0 unspecified atom stereocenters. The first kappa shape index (κ1) is 23.8. The van der Waals surface area contributed by atoms with Crippen molar-refractivity contribution in [2.45, 2.75) is 60.3 Å². The normalized spacial score (nSPS) is 12.5. The van der Waals surface area contributed by atoms with Crippen molar-refractivity contribution >= 4 is 7.60 Å². The van der Waals surface area contributed by atoms with E-state index in [-0.39, 0.29) is 29.2 Å². The van der Waals surface area contributed by atoms with Crippen molar-refractivity contribution in [2.75, 3.05) is 19.4 Å². The number of nitrogens with zero attached hydrogens (tertiary/aromatic N) is 1. The van der Waals surface area contributed by atoms with E-state index in [1.54, 1.807) is 0 Å². The zero-order chi connectivity index (χ0) is 17.5. The molecule has 1 aromatic rings. The maximum absolute atomic E-state index is 13.3. The molecule has 0 saturated heterocycles. The van der Waals surface area contributed by atoms with E-state index in [2.05, 4.69) is 26.0 Å². The van der Waals surface area contributed by atoms with Gasteiger partial charge in [0.15, 0.2) is 6.29 Å². The third kappa shape index (κ3) is 7.79. The summed E-state index contributed by atoms with van der Waals surface area (Å²) in [6.45, 7) is 14.5. The Morgan fingerprint density at radius 1 is 0.958 bits per heavy atom. The Balaban J connectivity index is 0.00000529. The lowest BCUT2D eigenvalue weighted by Gasteiger charge is -2.39. The van der Waals surface area contributed by atoms with E-state index in [4.69, 9.17) is 9.05 Å². The molecule has 1 aromatic carbocycles. The van der Waals surface area contributed by atoms with Crippen LogP contribution in [-0.4, -0.2) is 36.1 Å². The summed E-state index contributed by atoms with van der Waals surface area (Å²) in [5, 5.41) is 0. The number of hydrogen-bond acceptors (Lipinski definition) is 3. The highest BCUT2D eigenvalue weighted by atomic mass is 79.9. The quantitative estimate of drug-likeness (QED) is 0.428. The van der Waals surface area contributed by atoms with Gasteiger partial charge in [0, 0.05) is 5.56 Å². The molecule has 0 aliphatic heterocycles. The van der Waals surface area contributed by atoms with Crippen LogP contribution in [0.5, 0.6) is 0 Å². The van der Waals surface area contributed by atoms with E-state index in [9.17, 15) is 4.57 Å². The average Bonchev–Trinajstić information content (AvgIpc) is 2.45. The maximum Gasteiger partial charge on any atom is 0.385 e. The van der Waals surface area contributed by atoms with Crippen LogP contribution in [0.2, 0.25) is 0 Å². The van der Waals surface area contributed by atoms with E-state index < -0.39 is 7.60 Å². The second kappa shape index (κ2) is 10.7. The predicted molar refractivity (Wildman–Crippen MR) is 96.4 cm³/mol. The fourth-order valence-corrected chi connectivity index (χ4v) is 5.47. The van der Waals surface area contributed by atoms with Gasteiger partial charge in [-0.3, -0.25) is 4.57 Å². The highest BCUT2D eigenvalue weighted by Gasteiger charge is 2.39. The first-order valence-electron chi connectivity index (χ1n) is 8.59. The standard InChI is InChI=1S/C18H33NO3P.BrH/c1-7-19(8-2,14-18-12-10-9-11-13-18)15-23(20,21-16(3)4)22-17(5)6;/h9-13,16-17H,7-8,14-15H2,1-6H3;1H/q+1;/p-1. The first-order chi connectivity index (χ1) is 10.7. The fourth-order valence-electron chi connectivity index (χ4n) is 2.77. The molecule has 4 nitrogen and oxygen atoms in total. The summed E-state index contributed by atoms with van der Waals surface area (Å²) in [6, 6.07) is 10.4. The van der Waals surface area contributed by atoms with Crippen molar-refractivity contribution in [1.29, 1.82) is 0 Å². The van der Waals surface area contributed by atoms with E-state index in [0.717, 1.165) is 19.6 Å². The molecule has 140 valence electrons. The van der Waals surface area contributed by atoms with Gasteiger partial charge >= 0.3 is 7.60 Å². The lowest BCUT2D eigenvalue weighted by Crippen LogP contribution is -3.00. The van der Waals surface area contributed by atoms with Crippen LogP contribution in [0.1, 0.15) is 47.1 Å². The van der Waals surface area contributed by atoms with Crippen LogP contribution in [-0.2, 0) is 20.2 Å². The van der Waals surface area contributed by atoms with Crippen LogP contribution >= 0.6 is 7.60 Å². The van der Waals surface area contributed by atoms with Crippen LogP contribution in [0.4, 0.5) is 0 Å². The fraction of sp³-hybridized carbons (Fsp3) is 0.667. The van der Waals surface area contributed by atoms with E-state index in [1.165, 1.54) is 5.56 Å². The lowest BCUT2D eigenvalue weighted by atomic mass is 10.2. The highest BCUT2D eigenvalue weighted by molar-refractivity contribution is 7.53. The number of halogens is 1. The number of quaternary nitrogens is 1. The van der Waals surface area contributed by atoms with Gasteiger partial charge in [0.1, 0.15) is 6.54 Å². The van der Waals surface area contributed by atoms with Crippen molar-refractivity contribution in [3.8, 4) is 0 Å². The van der Waals surface area contributed by atoms with Gasteiger partial charge in [0.2, 0.25) is 0 Å². The summed E-state index contributed by atoms with van der Waals surface area (Å²) in [5.41, 5.74) is 1.25. The Hall–Kier alpha value is -0.190. The minimum atomic E-state index is -3.15. The molecule has 0 bridgehead atoms. The third-order valence-corrected chi connectivity index (χ3v) is 6.35. The van der Waals surface area contributed by atoms with Gasteiger partial charge in [-0.2, -0.15) is 0 Å². The van der Waals surface area contributed by atoms with Crippen molar-refractivity contribution in [1.82, 2.24) is 0 Å². The molecule has 0 spiro atoms. The minimum Gasteiger partial charge on any atom is -1.00 e. The Bertz CT molecular complexity index is 490. The number of hydrogen-bond donors (Lipinski definition) is 0. The molecule has 6 heteroatoms. The second-order valence-corrected chi connectivity index (χ2v) is 8.60. The summed E-state index contributed by atoms with van der Waals surface area (Å²) in [7, 11) is -3.15. The summed E-state index contributed by atoms with van der Waals surface area (Å²) in [5.74, 6) is 0. The van der Waals surface area contributed by atoms with Crippen molar-refractivity contribution in [3.63, 3.8) is 0 Å². The Labute approximate surface area is 158 Å². The van der Waals surface area contributed by atoms with Gasteiger partial charge < -0.3 is 30.5 Å². The Morgan fingerprint density at radius 3 is 1.79 bits per heavy atom. The molecule has 0 N–H and O–H groups in total. The molecule has 0 aliphatic carbocycles. The molecule has 0 aromatic heterocycles. The maximum atomic E-state index is 13.3. The summed E-state index contributed by atoms with van der Waals surface area (Å²) in [4.78, 5) is 0. The number of rotatable bonds is 10. The van der Waals surface area contributed by atoms with Gasteiger partial charge in [-0.1, -0.05) is 30.3 Å². The highest BCUT2D eigenvalue weighted by Crippen LogP contribution is 2.52. The molecule has 0 atom stereocenters. The molecule has 1 rings (SSSR count). The lowest BCUT2D eigenvalue weighted by molar-refractivity contribution is -0.928. The summed E-state index contributed by atoms with van der Waals surface area (Å²) >= 11 is 0. The largest absolute Gasteiger partial charge is 1.00 e. The van der Waals surface area contributed by atoms with Gasteiger partial charge in [0.25, 0.3) is 0 Å². The van der Waals surface area contributed by atoms with Crippen LogP contribution < -0.4 is 17.0 Å². The molecule has 0 amide bonds. The van der Waals surface area contributed by atoms with Crippen LogP contribution in [0.3, 0.4) is 0 Å². The molecule has 24 heavy (non-hydrogen) atoms. The van der Waals surface area contributed by atoms with E-state index in [0.29, 0.717) is 10.8 Å². The minimum absolute atomic E-state index is 0. The molecular formula is C18H33BrNO3P. The summed E-state index contributed by atoms with van der Waals surface area (Å²) in [6.07, 6.45) is 0.171. The zero-order valence-corrected chi connectivity index (χ0v) is 18.3. The van der Waals surface area contributed by atoms with E-state index >= 15 is 0 Å². The molecular weight excluding hydrogens is 389 g/mol. The van der Waals surface area contributed by atoms with Gasteiger partial charge in [-0.25, -0.2) is 0 Å². The smallest absolute Gasteiger partial charge is 0.385 e. The Kier molecular flexibility index (Phi) is 10.6. The molecule has 0 radical (unpaired) electrons. The molecule has 0 aliphatic rings. The summed E-state index contributed by atoms with van der Waals surface area (Å²) < 4.78 is 25.5. The monoisotopic (exact) mass is 421 g/mol. The van der Waals surface area contributed by atoms with Crippen LogP contribution in [0, 0.1) is 0 Å². The van der Waals surface area contributed by atoms with Crippen molar-refractivity contribution in [2.24, 2.45) is 0 Å². The third-order valence-electron chi connectivity index (χ3n) is 3.92. The van der Waals surface area contributed by atoms with Crippen molar-refractivity contribution in [3.05, 3.63) is 35.9 Å².